The highest BCUT2D eigenvalue weighted by Gasteiger charge is 2.30. The smallest absolute Gasteiger partial charge is 0.306 e. The first-order valence-electron chi connectivity index (χ1n) is 19.8. The Morgan fingerprint density at radius 2 is 1.34 bits per heavy atom. The largest absolute Gasteiger partial charge is 0.481 e. The Morgan fingerprint density at radius 3 is 1.91 bits per heavy atom. The van der Waals surface area contributed by atoms with Crippen molar-refractivity contribution in [2.24, 2.45) is 31.8 Å². The number of carbonyl (C=O) groups excluding carboxylic acids is 2. The second kappa shape index (κ2) is 17.1. The number of anilines is 2. The number of aliphatic hydroxyl groups excluding tert-OH is 1. The zero-order valence-corrected chi connectivity index (χ0v) is 33.8. The topological polar surface area (TPSA) is 155 Å². The minimum Gasteiger partial charge on any atom is -0.481 e. The highest BCUT2D eigenvalue weighted by atomic mass is 35.5. The monoisotopic (exact) mass is 803 g/mol. The Hall–Kier alpha value is -4.23. The van der Waals surface area contributed by atoms with Crippen LogP contribution in [-0.2, 0) is 44.7 Å². The van der Waals surface area contributed by atoms with E-state index in [0.717, 1.165) is 99.9 Å². The maximum Gasteiger partial charge on any atom is 0.306 e. The molecule has 0 bridgehead atoms. The van der Waals surface area contributed by atoms with Gasteiger partial charge in [-0.15, -0.1) is 0 Å². The highest BCUT2D eigenvalue weighted by Crippen LogP contribution is 2.41. The molecule has 2 amide bonds. The second-order valence-corrected chi connectivity index (χ2v) is 16.7. The molecule has 298 valence electrons. The maximum atomic E-state index is 13.8. The number of nitrogens with zero attached hydrogens (tertiary/aromatic N) is 5. The summed E-state index contributed by atoms with van der Waals surface area (Å²) < 4.78 is 3.73. The van der Waals surface area contributed by atoms with E-state index < -0.39 is 18.0 Å². The van der Waals surface area contributed by atoms with E-state index in [-0.39, 0.29) is 17.6 Å². The molecule has 2 aromatic carbocycles. The van der Waals surface area contributed by atoms with E-state index in [0.29, 0.717) is 63.3 Å². The van der Waals surface area contributed by atoms with Crippen LogP contribution < -0.4 is 10.6 Å². The number of rotatable bonds is 10. The van der Waals surface area contributed by atoms with Crippen molar-refractivity contribution < 1.29 is 24.6 Å². The summed E-state index contributed by atoms with van der Waals surface area (Å²) in [5.74, 6) is 0.173. The van der Waals surface area contributed by atoms with Gasteiger partial charge in [0.1, 0.15) is 0 Å². The molecule has 4 aromatic rings. The number of aryl methyl sites for hydroxylation is 1. The van der Waals surface area contributed by atoms with Crippen molar-refractivity contribution >= 4 is 52.4 Å². The lowest BCUT2D eigenvalue weighted by Crippen LogP contribution is -2.36. The molecule has 2 atom stereocenters. The standard InChI is InChI=1S/C42H51Cl2N7O5/c1-24(52)22-51-20-19-35-33(23-51)46-39(50(35)3)41(54)48-32-12-6-9-29(37(32)44)28-8-5-11-31(36(28)43)47-40(53)38-45-30-10-4-7-25(15-18-34(30)49(38)2)21-26-13-16-27(17-14-26)42(55)56/h5-6,8-9,11-12,24-27,52H,4,7,10,13-23H2,1-3H3,(H,47,53)(H,48,54)(H,55,56)/t24-,25?,26-,27+/m1/s1. The van der Waals surface area contributed by atoms with E-state index in [1.807, 2.05) is 35.4 Å². The van der Waals surface area contributed by atoms with E-state index in [9.17, 15) is 24.6 Å². The lowest BCUT2D eigenvalue weighted by Gasteiger charge is -2.30. The molecular weight excluding hydrogens is 753 g/mol. The summed E-state index contributed by atoms with van der Waals surface area (Å²) in [7, 11) is 3.73. The molecule has 2 aromatic heterocycles. The first kappa shape index (κ1) is 40.0. The van der Waals surface area contributed by atoms with Gasteiger partial charge in [-0.25, -0.2) is 9.97 Å². The van der Waals surface area contributed by atoms with Gasteiger partial charge in [0.2, 0.25) is 0 Å². The molecule has 7 rings (SSSR count). The number of fused-ring (bicyclic) bond motifs is 2. The molecule has 2 aliphatic carbocycles. The van der Waals surface area contributed by atoms with Gasteiger partial charge in [0.25, 0.3) is 11.8 Å². The molecular formula is C42H51Cl2N7O5. The zero-order chi connectivity index (χ0) is 39.7. The first-order valence-corrected chi connectivity index (χ1v) is 20.6. The Kier molecular flexibility index (Phi) is 12.2. The van der Waals surface area contributed by atoms with Crippen LogP contribution in [0.25, 0.3) is 11.1 Å². The van der Waals surface area contributed by atoms with Crippen molar-refractivity contribution in [3.8, 4) is 11.1 Å². The van der Waals surface area contributed by atoms with Gasteiger partial charge in [0.15, 0.2) is 11.6 Å². The van der Waals surface area contributed by atoms with Gasteiger partial charge in [-0.3, -0.25) is 19.3 Å². The molecule has 56 heavy (non-hydrogen) atoms. The first-order chi connectivity index (χ1) is 26.9. The lowest BCUT2D eigenvalue weighted by molar-refractivity contribution is -0.143. The third-order valence-electron chi connectivity index (χ3n) is 12.0. The van der Waals surface area contributed by atoms with Gasteiger partial charge in [0, 0.05) is 62.7 Å². The van der Waals surface area contributed by atoms with E-state index in [1.54, 1.807) is 31.2 Å². The van der Waals surface area contributed by atoms with E-state index in [1.165, 1.54) is 0 Å². The van der Waals surface area contributed by atoms with Crippen LogP contribution in [0.3, 0.4) is 0 Å². The lowest BCUT2D eigenvalue weighted by atomic mass is 9.76. The van der Waals surface area contributed by atoms with Crippen LogP contribution >= 0.6 is 23.2 Å². The molecule has 14 heteroatoms. The van der Waals surface area contributed by atoms with Crippen molar-refractivity contribution in [2.75, 3.05) is 23.7 Å². The van der Waals surface area contributed by atoms with Gasteiger partial charge < -0.3 is 30.0 Å². The predicted octanol–water partition coefficient (Wildman–Crippen LogP) is 7.54. The Labute approximate surface area is 337 Å². The summed E-state index contributed by atoms with van der Waals surface area (Å²) in [5.41, 5.74) is 5.86. The van der Waals surface area contributed by atoms with Crippen LogP contribution in [0.4, 0.5) is 11.4 Å². The predicted molar refractivity (Wildman–Crippen MR) is 217 cm³/mol. The van der Waals surface area contributed by atoms with Crippen LogP contribution in [0, 0.1) is 17.8 Å². The van der Waals surface area contributed by atoms with Crippen LogP contribution in [0.1, 0.15) is 102 Å². The van der Waals surface area contributed by atoms with E-state index >= 15 is 0 Å². The van der Waals surface area contributed by atoms with Crippen LogP contribution in [-0.4, -0.2) is 71.2 Å². The average molecular weight is 805 g/mol. The van der Waals surface area contributed by atoms with Crippen molar-refractivity contribution in [3.63, 3.8) is 0 Å². The Bertz CT molecular complexity index is 2120. The van der Waals surface area contributed by atoms with Crippen molar-refractivity contribution in [1.29, 1.82) is 0 Å². The van der Waals surface area contributed by atoms with Gasteiger partial charge in [0.05, 0.1) is 44.8 Å². The molecule has 1 fully saturated rings. The molecule has 0 spiro atoms. The SMILES string of the molecule is C[C@@H](O)CN1CCc2c(nc(C(=O)Nc3cccc(-c4cccc(NC(=O)c5nc6c(n5C)CCC(C[C@H]5CC[C@@H](C(=O)O)CC5)CCC6)c4Cl)c3Cl)n2C)C1. The normalized spacial score (nSPS) is 20.6. The third-order valence-corrected chi connectivity index (χ3v) is 12.8. The number of nitrogens with one attached hydrogen (secondary N) is 2. The number of amides is 2. The summed E-state index contributed by atoms with van der Waals surface area (Å²) in [4.78, 5) is 50.3. The number of hydrogen-bond acceptors (Lipinski definition) is 7. The zero-order valence-electron chi connectivity index (χ0n) is 32.3. The number of carboxylic acid groups (broad SMARTS) is 1. The molecule has 3 heterocycles. The fourth-order valence-electron chi connectivity index (χ4n) is 9.04. The molecule has 0 radical (unpaired) electrons. The number of halogens is 2. The summed E-state index contributed by atoms with van der Waals surface area (Å²) in [6.45, 7) is 3.64. The van der Waals surface area contributed by atoms with Crippen molar-refractivity contribution in [2.45, 2.75) is 90.2 Å². The molecule has 3 aliphatic rings. The summed E-state index contributed by atoms with van der Waals surface area (Å²) in [5, 5.41) is 25.7. The van der Waals surface area contributed by atoms with Crippen LogP contribution in [0.5, 0.6) is 0 Å². The van der Waals surface area contributed by atoms with Crippen LogP contribution in [0.15, 0.2) is 36.4 Å². The van der Waals surface area contributed by atoms with Gasteiger partial charge in [-0.1, -0.05) is 53.9 Å². The number of hydrogen-bond donors (Lipinski definition) is 4. The molecule has 1 saturated carbocycles. The summed E-state index contributed by atoms with van der Waals surface area (Å²) >= 11 is 13.9. The van der Waals surface area contributed by atoms with Gasteiger partial charge in [-0.2, -0.15) is 0 Å². The van der Waals surface area contributed by atoms with Crippen molar-refractivity contribution in [1.82, 2.24) is 24.0 Å². The number of aliphatic hydroxyl groups is 1. The quantitative estimate of drug-likeness (QED) is 0.128. The summed E-state index contributed by atoms with van der Waals surface area (Å²) in [6.07, 6.45) is 9.75. The molecule has 1 unspecified atom stereocenters. The fraction of sp³-hybridized carbons (Fsp3) is 0.500. The third kappa shape index (κ3) is 8.54. The average Bonchev–Trinajstić information content (AvgIpc) is 3.65. The number of aromatic nitrogens is 4. The number of aliphatic carboxylic acids is 1. The van der Waals surface area contributed by atoms with Crippen LogP contribution in [0.2, 0.25) is 10.0 Å². The second-order valence-electron chi connectivity index (χ2n) is 15.9. The Balaban J connectivity index is 1.02. The van der Waals surface area contributed by atoms with E-state index in [2.05, 4.69) is 20.5 Å². The summed E-state index contributed by atoms with van der Waals surface area (Å²) in [6, 6.07) is 10.7. The fourth-order valence-corrected chi connectivity index (χ4v) is 9.59. The minimum atomic E-state index is -0.659. The minimum absolute atomic E-state index is 0.189. The van der Waals surface area contributed by atoms with Gasteiger partial charge >= 0.3 is 5.97 Å². The van der Waals surface area contributed by atoms with E-state index in [4.69, 9.17) is 28.2 Å². The molecule has 1 aliphatic heterocycles. The number of benzene rings is 2. The van der Waals surface area contributed by atoms with Gasteiger partial charge in [-0.05, 0) is 88.7 Å². The molecule has 4 N–H and O–H groups in total. The number of imidazole rings is 2. The molecule has 12 nitrogen and oxygen atoms in total. The number of carboxylic acids is 1. The van der Waals surface area contributed by atoms with Crippen molar-refractivity contribution in [3.05, 3.63) is 80.9 Å². The number of β-amino-alcohol motifs (C(OH)–C–C–N with tert-alkyl or cyclic N) is 1. The number of carbonyl (C=O) groups is 3. The Morgan fingerprint density at radius 1 is 0.786 bits per heavy atom. The highest BCUT2D eigenvalue weighted by molar-refractivity contribution is 6.40. The maximum absolute atomic E-state index is 13.8. The molecule has 0 saturated heterocycles.